The summed E-state index contributed by atoms with van der Waals surface area (Å²) in [6, 6.07) is 3.73. The van der Waals surface area contributed by atoms with Crippen LogP contribution in [-0.2, 0) is 7.05 Å². The minimum Gasteiger partial charge on any atom is -0.386 e. The number of halogens is 1. The van der Waals surface area contributed by atoms with Gasteiger partial charge in [-0.1, -0.05) is 0 Å². The number of hydrogen-bond donors (Lipinski definition) is 1. The number of aliphatic hydroxyl groups is 1. The summed E-state index contributed by atoms with van der Waals surface area (Å²) in [5.41, 5.74) is 0.856. The number of hydrogen-bond acceptors (Lipinski definition) is 1. The number of aromatic nitrogens is 1. The molecule has 0 aliphatic heterocycles. The molecular formula is C7H10ClNO. The number of aliphatic hydroxyl groups excluding tert-OH is 1. The number of alkyl halides is 1. The smallest absolute Gasteiger partial charge is 0.107 e. The molecule has 0 fully saturated rings. The van der Waals surface area contributed by atoms with Gasteiger partial charge in [-0.25, -0.2) is 0 Å². The Balaban J connectivity index is 2.82. The van der Waals surface area contributed by atoms with Crippen LogP contribution in [0.15, 0.2) is 18.3 Å². The van der Waals surface area contributed by atoms with E-state index in [0.29, 0.717) is 0 Å². The molecule has 1 heterocycles. The van der Waals surface area contributed by atoms with Crippen LogP contribution in [0.4, 0.5) is 0 Å². The summed E-state index contributed by atoms with van der Waals surface area (Å²) in [4.78, 5) is 0. The van der Waals surface area contributed by atoms with Crippen molar-refractivity contribution in [2.75, 3.05) is 5.88 Å². The maximum atomic E-state index is 9.25. The van der Waals surface area contributed by atoms with Gasteiger partial charge in [-0.3, -0.25) is 0 Å². The first-order valence-corrected chi connectivity index (χ1v) is 3.64. The van der Waals surface area contributed by atoms with E-state index < -0.39 is 6.10 Å². The van der Waals surface area contributed by atoms with Crippen molar-refractivity contribution in [3.8, 4) is 0 Å². The van der Waals surface area contributed by atoms with Gasteiger partial charge in [0.2, 0.25) is 0 Å². The predicted molar refractivity (Wildman–Crippen MR) is 41.1 cm³/mol. The SMILES string of the molecule is Cn1cccc1C(O)CCl. The highest BCUT2D eigenvalue weighted by atomic mass is 35.5. The molecular weight excluding hydrogens is 150 g/mol. The van der Waals surface area contributed by atoms with Gasteiger partial charge < -0.3 is 9.67 Å². The molecule has 0 saturated heterocycles. The van der Waals surface area contributed by atoms with Crippen molar-refractivity contribution in [1.29, 1.82) is 0 Å². The van der Waals surface area contributed by atoms with Crippen LogP contribution in [0.5, 0.6) is 0 Å². The second-order valence-electron chi connectivity index (χ2n) is 2.21. The topological polar surface area (TPSA) is 25.2 Å². The van der Waals surface area contributed by atoms with Gasteiger partial charge in [-0.2, -0.15) is 0 Å². The lowest BCUT2D eigenvalue weighted by atomic mass is 10.3. The Hall–Kier alpha value is -0.470. The summed E-state index contributed by atoms with van der Waals surface area (Å²) in [6.45, 7) is 0. The largest absolute Gasteiger partial charge is 0.386 e. The average Bonchev–Trinajstić information content (AvgIpc) is 2.34. The second kappa shape index (κ2) is 3.08. The molecule has 1 N–H and O–H groups in total. The molecule has 1 atom stereocenters. The Morgan fingerprint density at radius 2 is 2.50 bits per heavy atom. The normalized spacial score (nSPS) is 13.5. The fourth-order valence-corrected chi connectivity index (χ4v) is 1.06. The molecule has 0 radical (unpaired) electrons. The summed E-state index contributed by atoms with van der Waals surface area (Å²) in [5, 5.41) is 9.25. The highest BCUT2D eigenvalue weighted by Crippen LogP contribution is 2.13. The second-order valence-corrected chi connectivity index (χ2v) is 2.52. The number of rotatable bonds is 2. The van der Waals surface area contributed by atoms with Crippen molar-refractivity contribution in [2.45, 2.75) is 6.10 Å². The Morgan fingerprint density at radius 3 is 2.90 bits per heavy atom. The minimum atomic E-state index is -0.540. The van der Waals surface area contributed by atoms with Crippen LogP contribution in [0.25, 0.3) is 0 Å². The third-order valence-electron chi connectivity index (χ3n) is 1.47. The molecule has 10 heavy (non-hydrogen) atoms. The van der Waals surface area contributed by atoms with Crippen LogP contribution >= 0.6 is 11.6 Å². The number of nitrogens with zero attached hydrogens (tertiary/aromatic N) is 1. The van der Waals surface area contributed by atoms with Crippen LogP contribution < -0.4 is 0 Å². The highest BCUT2D eigenvalue weighted by molar-refractivity contribution is 6.18. The van der Waals surface area contributed by atoms with Gasteiger partial charge in [-0.05, 0) is 12.1 Å². The van der Waals surface area contributed by atoms with Crippen molar-refractivity contribution in [3.05, 3.63) is 24.0 Å². The molecule has 0 bridgehead atoms. The lowest BCUT2D eigenvalue weighted by Crippen LogP contribution is -2.03. The lowest BCUT2D eigenvalue weighted by molar-refractivity contribution is 0.194. The Kier molecular flexibility index (Phi) is 2.35. The summed E-state index contributed by atoms with van der Waals surface area (Å²) in [5.74, 6) is 0.248. The van der Waals surface area contributed by atoms with E-state index >= 15 is 0 Å². The summed E-state index contributed by atoms with van der Waals surface area (Å²) in [7, 11) is 1.88. The predicted octanol–water partition coefficient (Wildman–Crippen LogP) is 1.30. The third-order valence-corrected chi connectivity index (χ3v) is 1.76. The van der Waals surface area contributed by atoms with Gasteiger partial charge in [0.1, 0.15) is 6.10 Å². The van der Waals surface area contributed by atoms with E-state index in [-0.39, 0.29) is 5.88 Å². The molecule has 1 aromatic heterocycles. The fourth-order valence-electron chi connectivity index (χ4n) is 0.900. The van der Waals surface area contributed by atoms with Gasteiger partial charge in [0, 0.05) is 18.9 Å². The molecule has 0 aliphatic carbocycles. The van der Waals surface area contributed by atoms with Gasteiger partial charge in [0.15, 0.2) is 0 Å². The third kappa shape index (κ3) is 1.33. The molecule has 3 heteroatoms. The zero-order chi connectivity index (χ0) is 7.56. The van der Waals surface area contributed by atoms with E-state index in [9.17, 15) is 5.11 Å². The summed E-state index contributed by atoms with van der Waals surface area (Å²) in [6.07, 6.45) is 1.34. The van der Waals surface area contributed by atoms with Gasteiger partial charge in [-0.15, -0.1) is 11.6 Å². The zero-order valence-electron chi connectivity index (χ0n) is 5.79. The van der Waals surface area contributed by atoms with Crippen molar-refractivity contribution in [3.63, 3.8) is 0 Å². The molecule has 1 rings (SSSR count). The summed E-state index contributed by atoms with van der Waals surface area (Å²) >= 11 is 5.45. The van der Waals surface area contributed by atoms with Crippen molar-refractivity contribution < 1.29 is 5.11 Å². The molecule has 0 spiro atoms. The molecule has 0 aromatic carbocycles. The van der Waals surface area contributed by atoms with Crippen LogP contribution in [0.2, 0.25) is 0 Å². The minimum absolute atomic E-state index is 0.248. The van der Waals surface area contributed by atoms with E-state index in [1.165, 1.54) is 0 Å². The average molecular weight is 160 g/mol. The monoisotopic (exact) mass is 159 g/mol. The fraction of sp³-hybridized carbons (Fsp3) is 0.429. The van der Waals surface area contributed by atoms with E-state index in [4.69, 9.17) is 11.6 Å². The van der Waals surface area contributed by atoms with E-state index in [1.54, 1.807) is 0 Å². The van der Waals surface area contributed by atoms with Gasteiger partial charge in [0.05, 0.1) is 5.88 Å². The maximum Gasteiger partial charge on any atom is 0.107 e. The molecule has 0 aliphatic rings. The molecule has 0 amide bonds. The molecule has 1 aromatic rings. The van der Waals surface area contributed by atoms with Gasteiger partial charge in [0.25, 0.3) is 0 Å². The van der Waals surface area contributed by atoms with E-state index in [2.05, 4.69) is 0 Å². The Labute approximate surface area is 65.0 Å². The number of aryl methyl sites for hydroxylation is 1. The molecule has 0 saturated carbocycles. The Morgan fingerprint density at radius 1 is 1.80 bits per heavy atom. The van der Waals surface area contributed by atoms with Crippen LogP contribution in [0, 0.1) is 0 Å². The van der Waals surface area contributed by atoms with Gasteiger partial charge >= 0.3 is 0 Å². The first-order valence-electron chi connectivity index (χ1n) is 3.11. The zero-order valence-corrected chi connectivity index (χ0v) is 6.54. The van der Waals surface area contributed by atoms with Crippen LogP contribution in [0.3, 0.4) is 0 Å². The summed E-state index contributed by atoms with van der Waals surface area (Å²) < 4.78 is 1.85. The lowest BCUT2D eigenvalue weighted by Gasteiger charge is -2.06. The van der Waals surface area contributed by atoms with Crippen molar-refractivity contribution >= 4 is 11.6 Å². The quantitative estimate of drug-likeness (QED) is 0.647. The highest BCUT2D eigenvalue weighted by Gasteiger charge is 2.07. The maximum absolute atomic E-state index is 9.25. The molecule has 1 unspecified atom stereocenters. The van der Waals surface area contributed by atoms with Crippen molar-refractivity contribution in [1.82, 2.24) is 4.57 Å². The molecule has 56 valence electrons. The van der Waals surface area contributed by atoms with Crippen molar-refractivity contribution in [2.24, 2.45) is 7.05 Å². The molecule has 2 nitrogen and oxygen atoms in total. The van der Waals surface area contributed by atoms with E-state index in [1.807, 2.05) is 29.9 Å². The van der Waals surface area contributed by atoms with Crippen LogP contribution in [0.1, 0.15) is 11.8 Å². The Bertz CT molecular complexity index is 209. The standard InChI is InChI=1S/C7H10ClNO/c1-9-4-2-3-6(9)7(10)5-8/h2-4,7,10H,5H2,1H3. The first-order chi connectivity index (χ1) is 4.75. The first kappa shape index (κ1) is 7.63. The van der Waals surface area contributed by atoms with E-state index in [0.717, 1.165) is 5.69 Å². The van der Waals surface area contributed by atoms with Crippen LogP contribution in [-0.4, -0.2) is 15.6 Å².